The summed E-state index contributed by atoms with van der Waals surface area (Å²) in [5.74, 6) is -2.50. The van der Waals surface area contributed by atoms with E-state index >= 15 is 0 Å². The molecule has 1 saturated heterocycles. The van der Waals surface area contributed by atoms with Crippen molar-refractivity contribution in [2.24, 2.45) is 5.14 Å². The molecule has 5 atom stereocenters. The molecule has 0 aromatic heterocycles. The van der Waals surface area contributed by atoms with E-state index in [1.54, 1.807) is 0 Å². The lowest BCUT2D eigenvalue weighted by atomic mass is 9.96. The van der Waals surface area contributed by atoms with Gasteiger partial charge >= 0.3 is 0 Å². The van der Waals surface area contributed by atoms with Gasteiger partial charge in [0, 0.05) is 5.69 Å². The second-order valence-corrected chi connectivity index (χ2v) is 6.72. The molecule has 2 rings (SSSR count). The lowest BCUT2D eigenvalue weighted by molar-refractivity contribution is -0.336. The molecule has 0 bridgehead atoms. The number of anilines is 1. The van der Waals surface area contributed by atoms with Gasteiger partial charge in [-0.25, -0.2) is 13.6 Å². The first-order valence-corrected chi connectivity index (χ1v) is 8.09. The Morgan fingerprint density at radius 2 is 1.74 bits per heavy atom. The fourth-order valence-electron chi connectivity index (χ4n) is 2.19. The molecule has 0 saturated carbocycles. The third-order valence-corrected chi connectivity index (χ3v) is 4.40. The molecule has 1 aliphatic rings. The highest BCUT2D eigenvalue weighted by Crippen LogP contribution is 2.29. The normalized spacial score (nSPS) is 35.0. The van der Waals surface area contributed by atoms with E-state index in [2.05, 4.69) is 5.32 Å². The van der Waals surface area contributed by atoms with Crippen LogP contribution in [-0.4, -0.2) is 70.9 Å². The number of benzene rings is 1. The van der Waals surface area contributed by atoms with E-state index in [1.165, 1.54) is 12.1 Å². The lowest BCUT2D eigenvalue weighted by Crippen LogP contribution is -2.68. The summed E-state index contributed by atoms with van der Waals surface area (Å²) in [7, 11) is -3.88. The number of nitrogens with one attached hydrogen (secondary N) is 1. The zero-order valence-electron chi connectivity index (χ0n) is 11.8. The standard InChI is InChI=1S/C12H18N2O8S/c13-23(20,21)7-3-1-6(2-4-7)14-12(19)11(18)10(17)9(16)8(5-15)22-12/h1-4,8-11,14-19H,5H2,(H2,13,20,21)/t8-,9+,10+,11-,12-/m0/s1. The maximum absolute atomic E-state index is 11.2. The highest BCUT2D eigenvalue weighted by atomic mass is 32.2. The number of ether oxygens (including phenoxy) is 1. The molecule has 0 radical (unpaired) electrons. The molecule has 8 N–H and O–H groups in total. The van der Waals surface area contributed by atoms with Crippen LogP contribution in [0.3, 0.4) is 0 Å². The summed E-state index contributed by atoms with van der Waals surface area (Å²) in [6, 6.07) is 4.81. The molecule has 130 valence electrons. The van der Waals surface area contributed by atoms with Gasteiger partial charge in [0.2, 0.25) is 10.0 Å². The molecule has 23 heavy (non-hydrogen) atoms. The average molecular weight is 350 g/mol. The smallest absolute Gasteiger partial charge is 0.277 e. The second-order valence-electron chi connectivity index (χ2n) is 5.16. The van der Waals surface area contributed by atoms with Crippen molar-refractivity contribution in [3.8, 4) is 0 Å². The van der Waals surface area contributed by atoms with Crippen LogP contribution in [0.1, 0.15) is 0 Å². The number of aliphatic hydroxyl groups excluding tert-OH is 4. The molecule has 0 spiro atoms. The Hall–Kier alpha value is -1.31. The molecule has 0 unspecified atom stereocenters. The number of aliphatic hydroxyl groups is 5. The summed E-state index contributed by atoms with van der Waals surface area (Å²) < 4.78 is 27.3. The first-order valence-electron chi connectivity index (χ1n) is 6.55. The van der Waals surface area contributed by atoms with Gasteiger partial charge in [0.25, 0.3) is 5.91 Å². The third kappa shape index (κ3) is 3.62. The van der Waals surface area contributed by atoms with Gasteiger partial charge in [0.05, 0.1) is 11.5 Å². The predicted octanol–water partition coefficient (Wildman–Crippen LogP) is -3.13. The van der Waals surface area contributed by atoms with Gasteiger partial charge < -0.3 is 35.6 Å². The minimum absolute atomic E-state index is 0.138. The van der Waals surface area contributed by atoms with Gasteiger partial charge in [-0.1, -0.05) is 0 Å². The monoisotopic (exact) mass is 350 g/mol. The number of primary sulfonamides is 1. The Labute approximate surface area is 131 Å². The Morgan fingerprint density at radius 3 is 2.22 bits per heavy atom. The highest BCUT2D eigenvalue weighted by molar-refractivity contribution is 7.89. The Morgan fingerprint density at radius 1 is 1.17 bits per heavy atom. The van der Waals surface area contributed by atoms with Crippen LogP contribution in [0.5, 0.6) is 0 Å². The van der Waals surface area contributed by atoms with Crippen molar-refractivity contribution in [1.29, 1.82) is 0 Å². The fraction of sp³-hybridized carbons (Fsp3) is 0.500. The minimum Gasteiger partial charge on any atom is -0.394 e. The summed E-state index contributed by atoms with van der Waals surface area (Å²) in [5.41, 5.74) is 0.138. The van der Waals surface area contributed by atoms with Crippen LogP contribution >= 0.6 is 0 Å². The van der Waals surface area contributed by atoms with Crippen molar-refractivity contribution >= 4 is 15.7 Å². The van der Waals surface area contributed by atoms with Crippen molar-refractivity contribution in [3.05, 3.63) is 24.3 Å². The van der Waals surface area contributed by atoms with Crippen LogP contribution < -0.4 is 10.5 Å². The first kappa shape index (κ1) is 18.0. The van der Waals surface area contributed by atoms with Crippen LogP contribution in [0, 0.1) is 0 Å². The molecule has 0 aliphatic carbocycles. The SMILES string of the molecule is NS(=O)(=O)c1ccc(N[C@@]2(O)O[C@@H](CO)[C@@H](O)[C@@H](O)[C@@H]2O)cc1. The predicted molar refractivity (Wildman–Crippen MR) is 76.4 cm³/mol. The maximum atomic E-state index is 11.2. The van der Waals surface area contributed by atoms with Crippen molar-refractivity contribution in [1.82, 2.24) is 0 Å². The molecule has 1 aliphatic heterocycles. The van der Waals surface area contributed by atoms with Crippen molar-refractivity contribution in [3.63, 3.8) is 0 Å². The Kier molecular flexibility index (Phi) is 4.94. The van der Waals surface area contributed by atoms with Gasteiger partial charge in [-0.2, -0.15) is 0 Å². The molecule has 10 nitrogen and oxygen atoms in total. The Balaban J connectivity index is 2.23. The molecule has 1 heterocycles. The zero-order chi connectivity index (χ0) is 17.4. The summed E-state index contributed by atoms with van der Waals surface area (Å²) in [6.45, 7) is -0.709. The molecular weight excluding hydrogens is 332 g/mol. The first-order chi connectivity index (χ1) is 10.6. The zero-order valence-corrected chi connectivity index (χ0v) is 12.6. The summed E-state index contributed by atoms with van der Waals surface area (Å²) in [5, 5.41) is 55.9. The number of hydrogen-bond donors (Lipinski definition) is 7. The quantitative estimate of drug-likeness (QED) is 0.276. The van der Waals surface area contributed by atoms with E-state index in [1.807, 2.05) is 0 Å². The van der Waals surface area contributed by atoms with E-state index in [0.717, 1.165) is 12.1 Å². The highest BCUT2D eigenvalue weighted by Gasteiger charge is 2.53. The lowest BCUT2D eigenvalue weighted by Gasteiger charge is -2.45. The van der Waals surface area contributed by atoms with Gasteiger partial charge in [-0.05, 0) is 24.3 Å². The van der Waals surface area contributed by atoms with Gasteiger partial charge in [-0.15, -0.1) is 0 Å². The third-order valence-electron chi connectivity index (χ3n) is 3.47. The second kappa shape index (κ2) is 6.30. The molecule has 0 amide bonds. The molecule has 11 heteroatoms. The summed E-state index contributed by atoms with van der Waals surface area (Å²) >= 11 is 0. The van der Waals surface area contributed by atoms with Crippen molar-refractivity contribution in [2.45, 2.75) is 35.2 Å². The number of sulfonamides is 1. The van der Waals surface area contributed by atoms with E-state index in [-0.39, 0.29) is 10.6 Å². The van der Waals surface area contributed by atoms with Gasteiger partial charge in [-0.3, -0.25) is 0 Å². The van der Waals surface area contributed by atoms with Crippen molar-refractivity contribution in [2.75, 3.05) is 11.9 Å². The largest absolute Gasteiger partial charge is 0.394 e. The molecular formula is C12H18N2O8S. The Bertz CT molecular complexity index is 650. The van der Waals surface area contributed by atoms with Gasteiger partial charge in [0.15, 0.2) is 6.10 Å². The van der Waals surface area contributed by atoms with Crippen LogP contribution in [0.15, 0.2) is 29.2 Å². The van der Waals surface area contributed by atoms with Crippen LogP contribution in [0.25, 0.3) is 0 Å². The number of hydrogen-bond acceptors (Lipinski definition) is 9. The minimum atomic E-state index is -3.88. The van der Waals surface area contributed by atoms with E-state index in [9.17, 15) is 28.8 Å². The van der Waals surface area contributed by atoms with E-state index in [4.69, 9.17) is 15.0 Å². The number of rotatable bonds is 4. The van der Waals surface area contributed by atoms with E-state index < -0.39 is 47.0 Å². The fourth-order valence-corrected chi connectivity index (χ4v) is 2.71. The average Bonchev–Trinajstić information content (AvgIpc) is 2.49. The van der Waals surface area contributed by atoms with Crippen LogP contribution in [0.2, 0.25) is 0 Å². The maximum Gasteiger partial charge on any atom is 0.277 e. The molecule has 1 aromatic carbocycles. The van der Waals surface area contributed by atoms with Crippen LogP contribution in [0.4, 0.5) is 5.69 Å². The topological polar surface area (TPSA) is 183 Å². The van der Waals surface area contributed by atoms with E-state index in [0.29, 0.717) is 0 Å². The van der Waals surface area contributed by atoms with Gasteiger partial charge in [0.1, 0.15) is 18.3 Å². The summed E-state index contributed by atoms with van der Waals surface area (Å²) in [4.78, 5) is -0.163. The number of nitrogens with two attached hydrogens (primary N) is 1. The van der Waals surface area contributed by atoms with Crippen molar-refractivity contribution < 1.29 is 38.7 Å². The molecule has 1 fully saturated rings. The summed E-state index contributed by atoms with van der Waals surface area (Å²) in [6.07, 6.45) is -6.64. The molecule has 1 aromatic rings. The van der Waals surface area contributed by atoms with Crippen LogP contribution in [-0.2, 0) is 14.8 Å².